The monoisotopic (exact) mass is 593 g/mol. The van der Waals surface area contributed by atoms with Crippen LogP contribution in [0.1, 0.15) is 59.6 Å². The van der Waals surface area contributed by atoms with Crippen LogP contribution in [-0.4, -0.2) is 55.7 Å². The predicted octanol–water partition coefficient (Wildman–Crippen LogP) is 6.19. The number of rotatable bonds is 8. The van der Waals surface area contributed by atoms with Crippen LogP contribution in [0.3, 0.4) is 0 Å². The van der Waals surface area contributed by atoms with Gasteiger partial charge >= 0.3 is 12.2 Å². The second-order valence-corrected chi connectivity index (χ2v) is 12.6. The van der Waals surface area contributed by atoms with Crippen molar-refractivity contribution in [1.29, 1.82) is 0 Å². The molecule has 0 aromatic heterocycles. The molecule has 9 nitrogen and oxygen atoms in total. The molecule has 0 bridgehead atoms. The van der Waals surface area contributed by atoms with Crippen LogP contribution in [0.25, 0.3) is 0 Å². The van der Waals surface area contributed by atoms with Gasteiger partial charge in [-0.1, -0.05) is 36.7 Å². The molecule has 2 amide bonds. The summed E-state index contributed by atoms with van der Waals surface area (Å²) in [6.45, 7) is 13.3. The van der Waals surface area contributed by atoms with Gasteiger partial charge in [-0.25, -0.2) is 14.0 Å². The number of carbonyl (C=O) groups excluding carboxylic acids is 2. The summed E-state index contributed by atoms with van der Waals surface area (Å²) in [5.41, 5.74) is -0.225. The van der Waals surface area contributed by atoms with Gasteiger partial charge in [-0.05, 0) is 65.8 Å². The largest absolute Gasteiger partial charge is 0.444 e. The van der Waals surface area contributed by atoms with Crippen LogP contribution in [0.4, 0.5) is 19.7 Å². The lowest BCUT2D eigenvalue weighted by molar-refractivity contribution is -0.265. The maximum absolute atomic E-state index is 15.3. The summed E-state index contributed by atoms with van der Waals surface area (Å²) >= 11 is 6.44. The van der Waals surface area contributed by atoms with E-state index in [2.05, 4.69) is 16.0 Å². The number of benzene rings is 2. The topological polar surface area (TPSA) is 107 Å². The van der Waals surface area contributed by atoms with Crippen molar-refractivity contribution in [2.24, 2.45) is 5.92 Å². The van der Waals surface area contributed by atoms with Gasteiger partial charge in [0.25, 0.3) is 0 Å². The Labute approximate surface area is 246 Å². The third-order valence-corrected chi connectivity index (χ3v) is 6.08. The molecule has 2 aromatic carbocycles. The van der Waals surface area contributed by atoms with Gasteiger partial charge in [-0.2, -0.15) is 0 Å². The zero-order valence-electron chi connectivity index (χ0n) is 24.7. The Bertz CT molecular complexity index is 1170. The van der Waals surface area contributed by atoms with Gasteiger partial charge < -0.3 is 34.9 Å². The zero-order chi connectivity index (χ0) is 30.4. The summed E-state index contributed by atoms with van der Waals surface area (Å²) in [6, 6.07) is 10.8. The van der Waals surface area contributed by atoms with Gasteiger partial charge in [0, 0.05) is 35.3 Å². The smallest absolute Gasteiger partial charge is 0.407 e. The van der Waals surface area contributed by atoms with Crippen molar-refractivity contribution in [1.82, 2.24) is 10.6 Å². The van der Waals surface area contributed by atoms with E-state index in [4.69, 9.17) is 30.5 Å². The summed E-state index contributed by atoms with van der Waals surface area (Å²) in [5, 5.41) is 9.21. The molecule has 0 radical (unpaired) electrons. The Morgan fingerprint density at radius 1 is 0.951 bits per heavy atom. The van der Waals surface area contributed by atoms with Gasteiger partial charge in [-0.3, -0.25) is 0 Å². The Kier molecular flexibility index (Phi) is 10.5. The van der Waals surface area contributed by atoms with Crippen LogP contribution in [0.5, 0.6) is 0 Å². The highest BCUT2D eigenvalue weighted by Crippen LogP contribution is 2.44. The fraction of sp³-hybridized carbons (Fsp3) is 0.533. The Hall–Kier alpha value is -3.08. The molecular formula is C30H41ClFN3O6. The van der Waals surface area contributed by atoms with Crippen molar-refractivity contribution in [3.63, 3.8) is 0 Å². The maximum atomic E-state index is 15.3. The molecular weight excluding hydrogens is 553 g/mol. The molecule has 1 fully saturated rings. The second-order valence-electron chi connectivity index (χ2n) is 12.1. The lowest BCUT2D eigenvalue weighted by Crippen LogP contribution is -2.47. The van der Waals surface area contributed by atoms with E-state index in [1.54, 1.807) is 77.9 Å². The molecule has 3 N–H and O–H groups in total. The molecule has 0 atom stereocenters. The van der Waals surface area contributed by atoms with Gasteiger partial charge in [0.1, 0.15) is 17.0 Å². The minimum Gasteiger partial charge on any atom is -0.444 e. The van der Waals surface area contributed by atoms with Crippen molar-refractivity contribution in [3.05, 3.63) is 64.4 Å². The molecule has 0 spiro atoms. The standard InChI is InChI=1S/C30H41ClFN3O6/c1-19-17-38-30(39-18-19,22-10-8-9-11-24(22)32)23-14-20(31)12-13-25(23)35-21(15-33-26(36)40-28(2,3)4)16-34-27(37)41-29(5,6)7/h8-14,19,21,35H,15-18H2,1-7H3,(H,33,36)(H,34,37). The number of carbonyl (C=O) groups is 2. The molecule has 1 saturated heterocycles. The Morgan fingerprint density at radius 3 is 2.00 bits per heavy atom. The maximum Gasteiger partial charge on any atom is 0.407 e. The van der Waals surface area contributed by atoms with Crippen LogP contribution in [0.2, 0.25) is 5.02 Å². The highest BCUT2D eigenvalue weighted by Gasteiger charge is 2.44. The summed E-state index contributed by atoms with van der Waals surface area (Å²) in [5.74, 6) is -2.00. The molecule has 0 unspecified atom stereocenters. The van der Waals surface area contributed by atoms with Gasteiger partial charge in [0.2, 0.25) is 5.79 Å². The van der Waals surface area contributed by atoms with E-state index in [1.165, 1.54) is 6.07 Å². The minimum atomic E-state index is -1.59. The fourth-order valence-corrected chi connectivity index (χ4v) is 4.32. The van der Waals surface area contributed by atoms with Crippen LogP contribution in [-0.2, 0) is 24.7 Å². The number of anilines is 1. The number of ether oxygens (including phenoxy) is 4. The van der Waals surface area contributed by atoms with Crippen molar-refractivity contribution in [3.8, 4) is 0 Å². The summed E-state index contributed by atoms with van der Waals surface area (Å²) < 4.78 is 38.5. The highest BCUT2D eigenvalue weighted by molar-refractivity contribution is 6.30. The van der Waals surface area contributed by atoms with E-state index in [0.717, 1.165) is 0 Å². The first-order valence-corrected chi connectivity index (χ1v) is 14.0. The number of alkyl carbamates (subject to hydrolysis) is 2. The SMILES string of the molecule is CC1COC(c2ccccc2F)(c2cc(Cl)ccc2NC(CNC(=O)OC(C)(C)C)CNC(=O)OC(C)(C)C)OC1. The molecule has 2 aromatic rings. The van der Waals surface area contributed by atoms with Gasteiger partial charge in [0.15, 0.2) is 0 Å². The Morgan fingerprint density at radius 2 is 1.49 bits per heavy atom. The molecule has 3 rings (SSSR count). The third kappa shape index (κ3) is 9.48. The third-order valence-electron chi connectivity index (χ3n) is 5.85. The Balaban J connectivity index is 1.96. The van der Waals surface area contributed by atoms with E-state index in [-0.39, 0.29) is 24.6 Å². The number of nitrogens with one attached hydrogen (secondary N) is 3. The minimum absolute atomic E-state index is 0.0677. The lowest BCUT2D eigenvalue weighted by atomic mass is 9.93. The first-order valence-electron chi connectivity index (χ1n) is 13.6. The molecule has 0 aliphatic carbocycles. The van der Waals surface area contributed by atoms with Crippen LogP contribution in [0.15, 0.2) is 42.5 Å². The number of hydrogen-bond donors (Lipinski definition) is 3. The lowest BCUT2D eigenvalue weighted by Gasteiger charge is -2.41. The van der Waals surface area contributed by atoms with Crippen molar-refractivity contribution in [2.75, 3.05) is 31.6 Å². The van der Waals surface area contributed by atoms with E-state index in [9.17, 15) is 9.59 Å². The van der Waals surface area contributed by atoms with Crippen LogP contribution >= 0.6 is 11.6 Å². The number of halogens is 2. The molecule has 226 valence electrons. The number of hydrogen-bond acceptors (Lipinski definition) is 7. The summed E-state index contributed by atoms with van der Waals surface area (Å²) in [7, 11) is 0. The number of amides is 2. The van der Waals surface area contributed by atoms with Crippen molar-refractivity contribution >= 4 is 29.5 Å². The second kappa shape index (κ2) is 13.3. The van der Waals surface area contributed by atoms with Gasteiger partial charge in [-0.15, -0.1) is 0 Å². The molecule has 1 heterocycles. The molecule has 41 heavy (non-hydrogen) atoms. The first-order chi connectivity index (χ1) is 19.1. The fourth-order valence-electron chi connectivity index (χ4n) is 4.14. The van der Waals surface area contributed by atoms with Crippen LogP contribution < -0.4 is 16.0 Å². The highest BCUT2D eigenvalue weighted by atomic mass is 35.5. The van der Waals surface area contributed by atoms with Crippen molar-refractivity contribution in [2.45, 2.75) is 71.5 Å². The average Bonchev–Trinajstić information content (AvgIpc) is 2.85. The normalized spacial score (nSPS) is 19.4. The van der Waals surface area contributed by atoms with Crippen LogP contribution in [0, 0.1) is 11.7 Å². The molecule has 0 saturated carbocycles. The molecule has 1 aliphatic heterocycles. The quantitative estimate of drug-likeness (QED) is 0.335. The van der Waals surface area contributed by atoms with E-state index >= 15 is 4.39 Å². The molecule has 1 aliphatic rings. The summed E-state index contributed by atoms with van der Waals surface area (Å²) in [4.78, 5) is 24.9. The average molecular weight is 594 g/mol. The molecule has 11 heteroatoms. The van der Waals surface area contributed by atoms with E-state index in [1.807, 2.05) is 6.92 Å². The van der Waals surface area contributed by atoms with Crippen molar-refractivity contribution < 1.29 is 32.9 Å². The first kappa shape index (κ1) is 32.4. The van der Waals surface area contributed by atoms with E-state index < -0.39 is 41.0 Å². The predicted molar refractivity (Wildman–Crippen MR) is 156 cm³/mol. The zero-order valence-corrected chi connectivity index (χ0v) is 25.5. The summed E-state index contributed by atoms with van der Waals surface area (Å²) in [6.07, 6.45) is -1.23. The van der Waals surface area contributed by atoms with E-state index in [0.29, 0.717) is 29.5 Å². The van der Waals surface area contributed by atoms with Gasteiger partial charge in [0.05, 0.1) is 24.8 Å².